The molecule has 0 fully saturated rings. The van der Waals surface area contributed by atoms with Gasteiger partial charge < -0.3 is 20.8 Å². The van der Waals surface area contributed by atoms with Crippen LogP contribution in [0.2, 0.25) is 0 Å². The van der Waals surface area contributed by atoms with Gasteiger partial charge in [-0.1, -0.05) is 12.1 Å². The molecule has 2 aromatic rings. The predicted molar refractivity (Wildman–Crippen MR) is 77.3 cm³/mol. The maximum Gasteiger partial charge on any atom is 0.222 e. The zero-order valence-electron chi connectivity index (χ0n) is 11.6. The van der Waals surface area contributed by atoms with Crippen LogP contribution in [0, 0.1) is 0 Å². The molecule has 0 saturated carbocycles. The molecule has 0 aliphatic carbocycles. The Balaban J connectivity index is 1.79. The molecule has 6 heteroatoms. The number of carbonyl (C=O) groups is 1. The number of ether oxygens (including phenoxy) is 1. The van der Waals surface area contributed by atoms with Gasteiger partial charge in [-0.2, -0.15) is 0 Å². The summed E-state index contributed by atoms with van der Waals surface area (Å²) in [5.74, 6) is 0.812. The first-order chi connectivity index (χ1) is 9.72. The molecule has 1 aromatic carbocycles. The van der Waals surface area contributed by atoms with Crippen LogP contribution in [0.3, 0.4) is 0 Å². The highest BCUT2D eigenvalue weighted by atomic mass is 16.5. The number of rotatable bonds is 7. The maximum atomic E-state index is 11.7. The molecule has 20 heavy (non-hydrogen) atoms. The fraction of sp³-hybridized carbons (Fsp3) is 0.429. The van der Waals surface area contributed by atoms with Crippen molar-refractivity contribution in [2.45, 2.75) is 18.9 Å². The van der Waals surface area contributed by atoms with Crippen LogP contribution in [-0.2, 0) is 16.0 Å². The van der Waals surface area contributed by atoms with E-state index in [4.69, 9.17) is 10.5 Å². The minimum Gasteiger partial charge on any atom is -0.380 e. The van der Waals surface area contributed by atoms with Gasteiger partial charge in [0, 0.05) is 26.6 Å². The monoisotopic (exact) mass is 276 g/mol. The number of carbonyl (C=O) groups excluding carboxylic acids is 1. The molecule has 4 N–H and O–H groups in total. The van der Waals surface area contributed by atoms with E-state index in [1.165, 1.54) is 0 Å². The SMILES string of the molecule is COC(CN)CC(=O)NCCc1nc2ccccc2[nH]1. The molecule has 2 rings (SSSR count). The van der Waals surface area contributed by atoms with Crippen LogP contribution in [-0.4, -0.2) is 42.2 Å². The van der Waals surface area contributed by atoms with E-state index in [1.54, 1.807) is 7.11 Å². The summed E-state index contributed by atoms with van der Waals surface area (Å²) in [7, 11) is 1.55. The van der Waals surface area contributed by atoms with Gasteiger partial charge in [-0.3, -0.25) is 4.79 Å². The first-order valence-corrected chi connectivity index (χ1v) is 6.66. The van der Waals surface area contributed by atoms with Gasteiger partial charge in [0.15, 0.2) is 0 Å². The number of aromatic amines is 1. The lowest BCUT2D eigenvalue weighted by molar-refractivity contribution is -0.123. The van der Waals surface area contributed by atoms with Crippen LogP contribution in [0.4, 0.5) is 0 Å². The van der Waals surface area contributed by atoms with Crippen molar-refractivity contribution in [1.82, 2.24) is 15.3 Å². The summed E-state index contributed by atoms with van der Waals surface area (Å²) < 4.78 is 5.07. The van der Waals surface area contributed by atoms with E-state index in [9.17, 15) is 4.79 Å². The lowest BCUT2D eigenvalue weighted by atomic mass is 10.2. The second-order valence-electron chi connectivity index (χ2n) is 4.60. The number of nitrogens with one attached hydrogen (secondary N) is 2. The van der Waals surface area contributed by atoms with Crippen molar-refractivity contribution in [2.24, 2.45) is 5.73 Å². The zero-order chi connectivity index (χ0) is 14.4. The molecule has 1 atom stereocenters. The highest BCUT2D eigenvalue weighted by Gasteiger charge is 2.11. The van der Waals surface area contributed by atoms with Crippen LogP contribution in [0.25, 0.3) is 11.0 Å². The summed E-state index contributed by atoms with van der Waals surface area (Å²) in [5, 5.41) is 2.84. The molecular formula is C14H20N4O2. The summed E-state index contributed by atoms with van der Waals surface area (Å²) in [4.78, 5) is 19.3. The van der Waals surface area contributed by atoms with Gasteiger partial charge in [-0.05, 0) is 12.1 Å². The molecule has 0 aliphatic heterocycles. The van der Waals surface area contributed by atoms with E-state index in [2.05, 4.69) is 15.3 Å². The number of hydrogen-bond donors (Lipinski definition) is 3. The number of amides is 1. The van der Waals surface area contributed by atoms with Gasteiger partial charge >= 0.3 is 0 Å². The van der Waals surface area contributed by atoms with Crippen molar-refractivity contribution >= 4 is 16.9 Å². The lowest BCUT2D eigenvalue weighted by Gasteiger charge is -2.12. The number of fused-ring (bicyclic) bond motifs is 1. The topological polar surface area (TPSA) is 93.0 Å². The van der Waals surface area contributed by atoms with E-state index < -0.39 is 0 Å². The Morgan fingerprint density at radius 1 is 1.50 bits per heavy atom. The third-order valence-corrected chi connectivity index (χ3v) is 3.13. The highest BCUT2D eigenvalue weighted by Crippen LogP contribution is 2.10. The van der Waals surface area contributed by atoms with Crippen LogP contribution in [0.15, 0.2) is 24.3 Å². The molecule has 0 spiro atoms. The van der Waals surface area contributed by atoms with E-state index in [0.717, 1.165) is 16.9 Å². The second kappa shape index (κ2) is 7.02. The molecule has 0 saturated heterocycles. The zero-order valence-corrected chi connectivity index (χ0v) is 11.6. The summed E-state index contributed by atoms with van der Waals surface area (Å²) in [6.07, 6.45) is 0.731. The average molecular weight is 276 g/mol. The number of methoxy groups -OCH3 is 1. The van der Waals surface area contributed by atoms with Crippen LogP contribution in [0.5, 0.6) is 0 Å². The third kappa shape index (κ3) is 3.79. The van der Waals surface area contributed by atoms with Gasteiger partial charge in [0.2, 0.25) is 5.91 Å². The number of benzene rings is 1. The normalized spacial score (nSPS) is 12.5. The number of imidazole rings is 1. The number of nitrogens with zero attached hydrogens (tertiary/aromatic N) is 1. The molecule has 0 bridgehead atoms. The first-order valence-electron chi connectivity index (χ1n) is 6.66. The summed E-state index contributed by atoms with van der Waals surface area (Å²) in [6, 6.07) is 7.85. The Morgan fingerprint density at radius 3 is 3.00 bits per heavy atom. The van der Waals surface area contributed by atoms with Gasteiger partial charge in [0.1, 0.15) is 5.82 Å². The Hall–Kier alpha value is -1.92. The Kier molecular flexibility index (Phi) is 5.09. The molecule has 6 nitrogen and oxygen atoms in total. The standard InChI is InChI=1S/C14H20N4O2/c1-20-10(9-15)8-14(19)16-7-6-13-17-11-4-2-3-5-12(11)18-13/h2-5,10H,6-9,15H2,1H3,(H,16,19)(H,17,18). The number of nitrogens with two attached hydrogens (primary N) is 1. The number of hydrogen-bond acceptors (Lipinski definition) is 4. The molecule has 0 radical (unpaired) electrons. The Labute approximate surface area is 117 Å². The first kappa shape index (κ1) is 14.5. The molecular weight excluding hydrogens is 256 g/mol. The van der Waals surface area contributed by atoms with Gasteiger partial charge in [-0.15, -0.1) is 0 Å². The van der Waals surface area contributed by atoms with Crippen LogP contribution < -0.4 is 11.1 Å². The quantitative estimate of drug-likeness (QED) is 0.690. The van der Waals surface area contributed by atoms with Crippen molar-refractivity contribution in [1.29, 1.82) is 0 Å². The van der Waals surface area contributed by atoms with Crippen molar-refractivity contribution < 1.29 is 9.53 Å². The number of para-hydroxylation sites is 2. The molecule has 0 aliphatic rings. The summed E-state index contributed by atoms with van der Waals surface area (Å²) in [6.45, 7) is 0.882. The molecule has 1 aromatic heterocycles. The number of aromatic nitrogens is 2. The largest absolute Gasteiger partial charge is 0.380 e. The number of H-pyrrole nitrogens is 1. The van der Waals surface area contributed by atoms with E-state index in [1.807, 2.05) is 24.3 Å². The smallest absolute Gasteiger partial charge is 0.222 e. The molecule has 108 valence electrons. The molecule has 1 unspecified atom stereocenters. The van der Waals surface area contributed by atoms with Crippen molar-refractivity contribution in [3.05, 3.63) is 30.1 Å². The average Bonchev–Trinajstić information content (AvgIpc) is 2.87. The third-order valence-electron chi connectivity index (χ3n) is 3.13. The fourth-order valence-electron chi connectivity index (χ4n) is 1.99. The predicted octanol–water partition coefficient (Wildman–Crippen LogP) is 0.585. The molecule has 1 amide bonds. The highest BCUT2D eigenvalue weighted by molar-refractivity contribution is 5.76. The van der Waals surface area contributed by atoms with Gasteiger partial charge in [0.25, 0.3) is 0 Å². The maximum absolute atomic E-state index is 11.7. The van der Waals surface area contributed by atoms with Crippen molar-refractivity contribution in [3.63, 3.8) is 0 Å². The van der Waals surface area contributed by atoms with Gasteiger partial charge in [-0.25, -0.2) is 4.98 Å². The van der Waals surface area contributed by atoms with Crippen molar-refractivity contribution in [3.8, 4) is 0 Å². The minimum atomic E-state index is -0.221. The Bertz CT molecular complexity index is 530. The minimum absolute atomic E-state index is 0.0570. The second-order valence-corrected chi connectivity index (χ2v) is 4.60. The Morgan fingerprint density at radius 2 is 2.30 bits per heavy atom. The van der Waals surface area contributed by atoms with E-state index >= 15 is 0 Å². The van der Waals surface area contributed by atoms with E-state index in [-0.39, 0.29) is 18.4 Å². The molecule has 1 heterocycles. The lowest BCUT2D eigenvalue weighted by Crippen LogP contribution is -2.33. The van der Waals surface area contributed by atoms with E-state index in [0.29, 0.717) is 19.5 Å². The summed E-state index contributed by atoms with van der Waals surface area (Å²) >= 11 is 0. The van der Waals surface area contributed by atoms with Gasteiger partial charge in [0.05, 0.1) is 23.6 Å². The van der Waals surface area contributed by atoms with Crippen LogP contribution in [0.1, 0.15) is 12.2 Å². The summed E-state index contributed by atoms with van der Waals surface area (Å²) in [5.41, 5.74) is 7.43. The fourth-order valence-corrected chi connectivity index (χ4v) is 1.99. The van der Waals surface area contributed by atoms with Crippen LogP contribution >= 0.6 is 0 Å². The van der Waals surface area contributed by atoms with Crippen molar-refractivity contribution in [2.75, 3.05) is 20.2 Å².